The van der Waals surface area contributed by atoms with Gasteiger partial charge in [0.05, 0.1) is 13.2 Å². The van der Waals surface area contributed by atoms with E-state index in [0.29, 0.717) is 32.7 Å². The van der Waals surface area contributed by atoms with Crippen LogP contribution in [0.3, 0.4) is 0 Å². The molecule has 1 saturated heterocycles. The second-order valence-corrected chi connectivity index (χ2v) is 7.31. The summed E-state index contributed by atoms with van der Waals surface area (Å²) in [5.41, 5.74) is 0.673. The minimum atomic E-state index is -0.431. The van der Waals surface area contributed by atoms with Crippen LogP contribution in [-0.2, 0) is 20.9 Å². The van der Waals surface area contributed by atoms with Gasteiger partial charge in [-0.2, -0.15) is 0 Å². The summed E-state index contributed by atoms with van der Waals surface area (Å²) in [6.45, 7) is 6.82. The van der Waals surface area contributed by atoms with Crippen LogP contribution in [0.4, 0.5) is 4.79 Å². The molecule has 0 unspecified atom stereocenters. The molecule has 6 nitrogen and oxygen atoms in total. The number of hydrogen-bond donors (Lipinski definition) is 1. The first-order valence-corrected chi connectivity index (χ1v) is 8.82. The average Bonchev–Trinajstić information content (AvgIpc) is 2.64. The molecule has 0 spiro atoms. The minimum Gasteiger partial charge on any atom is -0.445 e. The van der Waals surface area contributed by atoms with Gasteiger partial charge in [0.1, 0.15) is 6.61 Å². The Hall–Kier alpha value is -2.08. The van der Waals surface area contributed by atoms with Gasteiger partial charge in [0, 0.05) is 25.0 Å². The number of hydrogen-bond acceptors (Lipinski definition) is 4. The summed E-state index contributed by atoms with van der Waals surface area (Å²) in [4.78, 5) is 26.6. The van der Waals surface area contributed by atoms with E-state index in [2.05, 4.69) is 5.32 Å². The molecule has 2 fully saturated rings. The zero-order valence-electron chi connectivity index (χ0n) is 14.9. The molecule has 1 aromatic rings. The third-order valence-electron chi connectivity index (χ3n) is 5.39. The van der Waals surface area contributed by atoms with Gasteiger partial charge in [-0.15, -0.1) is 0 Å². The van der Waals surface area contributed by atoms with E-state index < -0.39 is 6.09 Å². The van der Waals surface area contributed by atoms with Crippen LogP contribution in [0.1, 0.15) is 25.8 Å². The maximum Gasteiger partial charge on any atom is 0.407 e. The summed E-state index contributed by atoms with van der Waals surface area (Å²) in [6, 6.07) is 9.52. The van der Waals surface area contributed by atoms with Crippen molar-refractivity contribution in [2.24, 2.45) is 11.3 Å². The number of carbonyl (C=O) groups is 2. The Labute approximate surface area is 148 Å². The molecule has 1 saturated carbocycles. The minimum absolute atomic E-state index is 0.0502. The van der Waals surface area contributed by atoms with E-state index in [1.807, 2.05) is 49.1 Å². The molecular weight excluding hydrogens is 320 g/mol. The van der Waals surface area contributed by atoms with Crippen molar-refractivity contribution in [2.75, 3.05) is 26.3 Å². The van der Waals surface area contributed by atoms with Gasteiger partial charge in [0.15, 0.2) is 0 Å². The van der Waals surface area contributed by atoms with Crippen LogP contribution in [-0.4, -0.2) is 49.2 Å². The molecule has 1 N–H and O–H groups in total. The molecule has 3 rings (SSSR count). The normalized spacial score (nSPS) is 25.0. The zero-order chi connectivity index (χ0) is 17.9. The van der Waals surface area contributed by atoms with Gasteiger partial charge in [0.25, 0.3) is 0 Å². The van der Waals surface area contributed by atoms with Gasteiger partial charge in [-0.1, -0.05) is 44.2 Å². The lowest BCUT2D eigenvalue weighted by molar-refractivity contribution is -0.152. The van der Waals surface area contributed by atoms with Crippen molar-refractivity contribution in [1.29, 1.82) is 0 Å². The molecule has 0 radical (unpaired) electrons. The summed E-state index contributed by atoms with van der Waals surface area (Å²) in [5.74, 6) is 0.106. The van der Waals surface area contributed by atoms with Crippen molar-refractivity contribution in [3.05, 3.63) is 35.9 Å². The molecule has 1 aliphatic carbocycles. The van der Waals surface area contributed by atoms with Crippen LogP contribution < -0.4 is 5.32 Å². The second-order valence-electron chi connectivity index (χ2n) is 7.31. The monoisotopic (exact) mass is 346 g/mol. The highest BCUT2D eigenvalue weighted by molar-refractivity contribution is 5.81. The molecule has 2 aliphatic rings. The first-order valence-electron chi connectivity index (χ1n) is 8.82. The number of rotatable bonds is 4. The third-order valence-corrected chi connectivity index (χ3v) is 5.39. The van der Waals surface area contributed by atoms with Crippen LogP contribution in [0.5, 0.6) is 0 Å². The summed E-state index contributed by atoms with van der Waals surface area (Å²) in [7, 11) is 0. The molecule has 25 heavy (non-hydrogen) atoms. The van der Waals surface area contributed by atoms with Crippen molar-refractivity contribution < 1.29 is 19.1 Å². The Morgan fingerprint density at radius 2 is 1.92 bits per heavy atom. The van der Waals surface area contributed by atoms with E-state index in [1.165, 1.54) is 0 Å². The second kappa shape index (κ2) is 7.44. The fourth-order valence-corrected chi connectivity index (χ4v) is 3.50. The molecule has 0 bridgehead atoms. The Balaban J connectivity index is 1.48. The van der Waals surface area contributed by atoms with Crippen LogP contribution in [0, 0.1) is 11.3 Å². The first-order chi connectivity index (χ1) is 12.0. The summed E-state index contributed by atoms with van der Waals surface area (Å²) < 4.78 is 10.6. The molecule has 2 amide bonds. The standard InChI is InChI=1S/C19H26N2O4/c1-19(2)15(17(22)21-8-10-24-11-9-21)12-16(19)20-18(23)25-13-14-6-4-3-5-7-14/h3-7,15-16H,8-13H2,1-2H3,(H,20,23)/t15-,16-/m0/s1. The van der Waals surface area contributed by atoms with Crippen molar-refractivity contribution in [2.45, 2.75) is 32.9 Å². The van der Waals surface area contributed by atoms with E-state index in [4.69, 9.17) is 9.47 Å². The Morgan fingerprint density at radius 1 is 1.24 bits per heavy atom. The number of ether oxygens (including phenoxy) is 2. The first kappa shape index (κ1) is 17.7. The largest absolute Gasteiger partial charge is 0.445 e. The highest BCUT2D eigenvalue weighted by atomic mass is 16.5. The zero-order valence-corrected chi connectivity index (χ0v) is 14.9. The highest BCUT2D eigenvalue weighted by Crippen LogP contribution is 2.47. The molecule has 1 aliphatic heterocycles. The van der Waals surface area contributed by atoms with Gasteiger partial charge >= 0.3 is 6.09 Å². The molecule has 0 aromatic heterocycles. The maximum atomic E-state index is 12.7. The smallest absolute Gasteiger partial charge is 0.407 e. The Morgan fingerprint density at radius 3 is 2.56 bits per heavy atom. The van der Waals surface area contributed by atoms with E-state index >= 15 is 0 Å². The van der Waals surface area contributed by atoms with E-state index in [-0.39, 0.29) is 29.9 Å². The Kier molecular flexibility index (Phi) is 5.27. The van der Waals surface area contributed by atoms with Gasteiger partial charge in [-0.25, -0.2) is 4.79 Å². The summed E-state index contributed by atoms with van der Waals surface area (Å²) >= 11 is 0. The molecule has 1 aromatic carbocycles. The topological polar surface area (TPSA) is 67.9 Å². The quantitative estimate of drug-likeness (QED) is 0.907. The number of alkyl carbamates (subject to hydrolysis) is 1. The van der Waals surface area contributed by atoms with E-state index in [0.717, 1.165) is 5.56 Å². The number of nitrogens with one attached hydrogen (secondary N) is 1. The fourth-order valence-electron chi connectivity index (χ4n) is 3.50. The lowest BCUT2D eigenvalue weighted by Crippen LogP contribution is -2.63. The molecule has 1 heterocycles. The number of nitrogens with zero attached hydrogens (tertiary/aromatic N) is 1. The average molecular weight is 346 g/mol. The predicted octanol–water partition coefficient (Wildman–Crippen LogP) is 2.19. The molecule has 136 valence electrons. The van der Waals surface area contributed by atoms with Crippen LogP contribution in [0.2, 0.25) is 0 Å². The molecule has 2 atom stereocenters. The van der Waals surface area contributed by atoms with Gasteiger partial charge in [-0.05, 0) is 17.4 Å². The predicted molar refractivity (Wildman–Crippen MR) is 92.8 cm³/mol. The van der Waals surface area contributed by atoms with Gasteiger partial charge in [-0.3, -0.25) is 4.79 Å². The maximum absolute atomic E-state index is 12.7. The lowest BCUT2D eigenvalue weighted by atomic mass is 9.58. The van der Waals surface area contributed by atoms with E-state index in [1.54, 1.807) is 0 Å². The molecular formula is C19H26N2O4. The SMILES string of the molecule is CC1(C)[C@@H](NC(=O)OCc2ccccc2)C[C@H]1C(=O)N1CCOCC1. The fraction of sp³-hybridized carbons (Fsp3) is 0.579. The van der Waals surface area contributed by atoms with Crippen LogP contribution >= 0.6 is 0 Å². The summed E-state index contributed by atoms with van der Waals surface area (Å²) in [5, 5.41) is 2.91. The number of benzene rings is 1. The number of carbonyl (C=O) groups excluding carboxylic acids is 2. The molecule has 6 heteroatoms. The van der Waals surface area contributed by atoms with Crippen molar-refractivity contribution in [1.82, 2.24) is 10.2 Å². The van der Waals surface area contributed by atoms with Gasteiger partial charge in [0.2, 0.25) is 5.91 Å². The summed E-state index contributed by atoms with van der Waals surface area (Å²) in [6.07, 6.45) is 0.225. The van der Waals surface area contributed by atoms with Crippen LogP contribution in [0.15, 0.2) is 30.3 Å². The lowest BCUT2D eigenvalue weighted by Gasteiger charge is -2.52. The highest BCUT2D eigenvalue weighted by Gasteiger charge is 2.53. The van der Waals surface area contributed by atoms with Crippen molar-refractivity contribution >= 4 is 12.0 Å². The number of amides is 2. The third kappa shape index (κ3) is 3.95. The van der Waals surface area contributed by atoms with Crippen LogP contribution in [0.25, 0.3) is 0 Å². The van der Waals surface area contributed by atoms with Gasteiger partial charge < -0.3 is 19.7 Å². The Bertz CT molecular complexity index is 611. The van der Waals surface area contributed by atoms with Crippen molar-refractivity contribution in [3.63, 3.8) is 0 Å². The van der Waals surface area contributed by atoms with Crippen molar-refractivity contribution in [3.8, 4) is 0 Å². The number of morpholine rings is 1. The van der Waals surface area contributed by atoms with E-state index in [9.17, 15) is 9.59 Å².